The van der Waals surface area contributed by atoms with E-state index >= 15 is 0 Å². The Hall–Kier alpha value is -1.51. The van der Waals surface area contributed by atoms with Crippen LogP contribution in [0.2, 0.25) is 0 Å². The molecule has 1 fully saturated rings. The molecule has 3 unspecified atom stereocenters. The average Bonchev–Trinajstić information content (AvgIpc) is 2.49. The molecule has 0 spiro atoms. The smallest absolute Gasteiger partial charge is 0.307 e. The Morgan fingerprint density at radius 3 is 2.62 bits per heavy atom. The van der Waals surface area contributed by atoms with Gasteiger partial charge in [-0.05, 0) is 55.7 Å². The Kier molecular flexibility index (Phi) is 4.92. The number of aryl methyl sites for hydroxylation is 1. The lowest BCUT2D eigenvalue weighted by atomic mass is 9.70. The summed E-state index contributed by atoms with van der Waals surface area (Å²) in [5, 5.41) is 9.58. The molecule has 0 radical (unpaired) electrons. The molecule has 1 aromatic rings. The van der Waals surface area contributed by atoms with Crippen LogP contribution in [0.25, 0.3) is 0 Å². The number of methoxy groups -OCH3 is 1. The minimum atomic E-state index is -0.671. The zero-order valence-corrected chi connectivity index (χ0v) is 13.5. The number of carbonyl (C=O) groups is 1. The number of benzene rings is 1. The molecule has 0 saturated heterocycles. The van der Waals surface area contributed by atoms with Crippen molar-refractivity contribution in [2.45, 2.75) is 52.4 Å². The zero-order valence-electron chi connectivity index (χ0n) is 13.5. The lowest BCUT2D eigenvalue weighted by Gasteiger charge is -2.35. The lowest BCUT2D eigenvalue weighted by Crippen LogP contribution is -2.29. The maximum atomic E-state index is 11.6. The minimum absolute atomic E-state index is 0.0652. The van der Waals surface area contributed by atoms with E-state index in [1.54, 1.807) is 7.11 Å². The molecular weight excluding hydrogens is 264 g/mol. The van der Waals surface area contributed by atoms with E-state index < -0.39 is 5.97 Å². The van der Waals surface area contributed by atoms with Crippen molar-refractivity contribution in [1.82, 2.24) is 0 Å². The zero-order chi connectivity index (χ0) is 15.6. The molecule has 0 aliphatic heterocycles. The lowest BCUT2D eigenvalue weighted by molar-refractivity contribution is -0.143. The van der Waals surface area contributed by atoms with Gasteiger partial charge in [0.05, 0.1) is 13.0 Å². The highest BCUT2D eigenvalue weighted by atomic mass is 16.5. The van der Waals surface area contributed by atoms with Crippen molar-refractivity contribution in [3.8, 4) is 5.75 Å². The monoisotopic (exact) mass is 290 g/mol. The van der Waals surface area contributed by atoms with Gasteiger partial charge < -0.3 is 9.84 Å². The van der Waals surface area contributed by atoms with Crippen LogP contribution in [0.4, 0.5) is 0 Å². The first kappa shape index (κ1) is 15.9. The summed E-state index contributed by atoms with van der Waals surface area (Å²) in [5.74, 6) is 0.606. The van der Waals surface area contributed by atoms with Crippen LogP contribution in [0, 0.1) is 25.7 Å². The van der Waals surface area contributed by atoms with E-state index in [0.29, 0.717) is 5.92 Å². The molecular formula is C18H26O3. The van der Waals surface area contributed by atoms with E-state index in [-0.39, 0.29) is 11.8 Å². The van der Waals surface area contributed by atoms with Gasteiger partial charge in [0.15, 0.2) is 0 Å². The van der Waals surface area contributed by atoms with Crippen LogP contribution in [0.5, 0.6) is 5.75 Å². The van der Waals surface area contributed by atoms with Gasteiger partial charge in [0.25, 0.3) is 0 Å². The Bertz CT molecular complexity index is 521. The first-order valence-electron chi connectivity index (χ1n) is 7.86. The third-order valence-corrected chi connectivity index (χ3v) is 5.16. The SMILES string of the molecule is CCC1CCC(C(=O)O)C(c2ccc(C)c(C)c2OC)C1. The van der Waals surface area contributed by atoms with Gasteiger partial charge in [0, 0.05) is 5.92 Å². The van der Waals surface area contributed by atoms with Crippen molar-refractivity contribution in [1.29, 1.82) is 0 Å². The Labute approximate surface area is 127 Å². The summed E-state index contributed by atoms with van der Waals surface area (Å²) < 4.78 is 5.61. The fraction of sp³-hybridized carbons (Fsp3) is 0.611. The molecule has 2 rings (SSSR count). The normalized spacial score (nSPS) is 25.6. The molecule has 0 amide bonds. The molecule has 0 bridgehead atoms. The van der Waals surface area contributed by atoms with Gasteiger partial charge in [0.2, 0.25) is 0 Å². The summed E-state index contributed by atoms with van der Waals surface area (Å²) in [5.41, 5.74) is 3.38. The first-order chi connectivity index (χ1) is 9.99. The molecule has 3 nitrogen and oxygen atoms in total. The van der Waals surface area contributed by atoms with Gasteiger partial charge in [-0.2, -0.15) is 0 Å². The van der Waals surface area contributed by atoms with Gasteiger partial charge >= 0.3 is 5.97 Å². The van der Waals surface area contributed by atoms with Gasteiger partial charge in [-0.25, -0.2) is 0 Å². The van der Waals surface area contributed by atoms with Gasteiger partial charge in [-0.3, -0.25) is 4.79 Å². The molecule has 1 saturated carbocycles. The third kappa shape index (κ3) is 3.07. The molecule has 21 heavy (non-hydrogen) atoms. The van der Waals surface area contributed by atoms with Crippen molar-refractivity contribution in [2.75, 3.05) is 7.11 Å². The van der Waals surface area contributed by atoms with E-state index in [1.807, 2.05) is 6.92 Å². The summed E-state index contributed by atoms with van der Waals surface area (Å²) in [4.78, 5) is 11.6. The van der Waals surface area contributed by atoms with E-state index in [1.165, 1.54) is 5.56 Å². The molecule has 3 heteroatoms. The molecule has 116 valence electrons. The summed E-state index contributed by atoms with van der Waals surface area (Å²) in [6.45, 7) is 6.31. The molecule has 1 aromatic carbocycles. The number of carboxylic acid groups (broad SMARTS) is 1. The number of carboxylic acids is 1. The fourth-order valence-electron chi connectivity index (χ4n) is 3.64. The summed E-state index contributed by atoms with van der Waals surface area (Å²) in [7, 11) is 1.68. The molecule has 3 atom stereocenters. The number of ether oxygens (including phenoxy) is 1. The second-order valence-electron chi connectivity index (χ2n) is 6.27. The number of aliphatic carboxylic acids is 1. The Balaban J connectivity index is 2.45. The number of hydrogen-bond acceptors (Lipinski definition) is 2. The topological polar surface area (TPSA) is 46.5 Å². The van der Waals surface area contributed by atoms with Crippen molar-refractivity contribution < 1.29 is 14.6 Å². The van der Waals surface area contributed by atoms with Crippen LogP contribution in [-0.2, 0) is 4.79 Å². The van der Waals surface area contributed by atoms with Crippen LogP contribution in [0.3, 0.4) is 0 Å². The maximum Gasteiger partial charge on any atom is 0.307 e. The largest absolute Gasteiger partial charge is 0.496 e. The molecule has 1 aliphatic rings. The van der Waals surface area contributed by atoms with Gasteiger partial charge in [-0.1, -0.05) is 25.5 Å². The molecule has 0 aromatic heterocycles. The van der Waals surface area contributed by atoms with Crippen molar-refractivity contribution in [3.05, 3.63) is 28.8 Å². The quantitative estimate of drug-likeness (QED) is 0.899. The average molecular weight is 290 g/mol. The predicted molar refractivity (Wildman–Crippen MR) is 84.0 cm³/mol. The Morgan fingerprint density at radius 2 is 2.05 bits per heavy atom. The maximum absolute atomic E-state index is 11.6. The minimum Gasteiger partial charge on any atom is -0.496 e. The van der Waals surface area contributed by atoms with Crippen LogP contribution in [-0.4, -0.2) is 18.2 Å². The highest BCUT2D eigenvalue weighted by molar-refractivity contribution is 5.72. The van der Waals surface area contributed by atoms with E-state index in [9.17, 15) is 9.90 Å². The van der Waals surface area contributed by atoms with Crippen molar-refractivity contribution in [2.24, 2.45) is 11.8 Å². The fourth-order valence-corrected chi connectivity index (χ4v) is 3.64. The van der Waals surface area contributed by atoms with Gasteiger partial charge in [-0.15, -0.1) is 0 Å². The van der Waals surface area contributed by atoms with E-state index in [2.05, 4.69) is 26.0 Å². The Morgan fingerprint density at radius 1 is 1.33 bits per heavy atom. The highest BCUT2D eigenvalue weighted by Gasteiger charge is 2.37. The van der Waals surface area contributed by atoms with E-state index in [0.717, 1.165) is 42.6 Å². The summed E-state index contributed by atoms with van der Waals surface area (Å²) in [6.07, 6.45) is 3.87. The van der Waals surface area contributed by atoms with Crippen molar-refractivity contribution >= 4 is 5.97 Å². The van der Waals surface area contributed by atoms with Crippen LogP contribution in [0.1, 0.15) is 55.2 Å². The van der Waals surface area contributed by atoms with Crippen LogP contribution >= 0.6 is 0 Å². The standard InChI is InChI=1S/C18H26O3/c1-5-13-7-9-15(18(19)20)16(10-13)14-8-6-11(2)12(3)17(14)21-4/h6,8,13,15-16H,5,7,9-10H2,1-4H3,(H,19,20). The molecule has 1 aliphatic carbocycles. The predicted octanol–water partition coefficient (Wildman–Crippen LogP) is 4.31. The van der Waals surface area contributed by atoms with Crippen LogP contribution < -0.4 is 4.74 Å². The number of hydrogen-bond donors (Lipinski definition) is 1. The summed E-state index contributed by atoms with van der Waals surface area (Å²) in [6, 6.07) is 4.15. The highest BCUT2D eigenvalue weighted by Crippen LogP contribution is 2.45. The second kappa shape index (κ2) is 6.50. The second-order valence-corrected chi connectivity index (χ2v) is 6.27. The van der Waals surface area contributed by atoms with Crippen LogP contribution in [0.15, 0.2) is 12.1 Å². The first-order valence-corrected chi connectivity index (χ1v) is 7.86. The van der Waals surface area contributed by atoms with E-state index in [4.69, 9.17) is 4.74 Å². The molecule has 1 N–H and O–H groups in total. The summed E-state index contributed by atoms with van der Waals surface area (Å²) >= 11 is 0. The van der Waals surface area contributed by atoms with Gasteiger partial charge in [0.1, 0.15) is 5.75 Å². The molecule has 0 heterocycles. The number of rotatable bonds is 4. The van der Waals surface area contributed by atoms with Crippen molar-refractivity contribution in [3.63, 3.8) is 0 Å². The third-order valence-electron chi connectivity index (χ3n) is 5.16.